The molecule has 0 unspecified atom stereocenters. The Balaban J connectivity index is 0.000000781. The van der Waals surface area contributed by atoms with Gasteiger partial charge in [-0.15, -0.1) is 23.7 Å². The molecule has 2 amide bonds. The highest BCUT2D eigenvalue weighted by molar-refractivity contribution is 7.10. The Hall–Kier alpha value is -3.38. The van der Waals surface area contributed by atoms with E-state index in [1.54, 1.807) is 5.38 Å². The fourth-order valence-corrected chi connectivity index (χ4v) is 6.29. The number of nitrogens with one attached hydrogen (secondary N) is 1. The number of carbonyl (C=O) groups is 3. The minimum absolute atomic E-state index is 0. The molecule has 232 valence electrons. The van der Waals surface area contributed by atoms with Crippen LogP contribution in [0.15, 0.2) is 60.0 Å². The number of carboxylic acid groups (broad SMARTS) is 1. The van der Waals surface area contributed by atoms with Gasteiger partial charge in [-0.1, -0.05) is 49.6 Å². The van der Waals surface area contributed by atoms with Crippen LogP contribution < -0.4 is 11.1 Å². The molecule has 1 saturated carbocycles. The maximum absolute atomic E-state index is 13.7. The highest BCUT2D eigenvalue weighted by Gasteiger charge is 2.41. The molecule has 1 saturated heterocycles. The molecule has 43 heavy (non-hydrogen) atoms. The molecule has 0 spiro atoms. The van der Waals surface area contributed by atoms with Crippen LogP contribution in [0.2, 0.25) is 0 Å². The van der Waals surface area contributed by atoms with E-state index < -0.39 is 18.0 Å². The maximum atomic E-state index is 13.7. The number of ether oxygens (including phenoxy) is 1. The summed E-state index contributed by atoms with van der Waals surface area (Å²) in [7, 11) is 1.35. The Labute approximate surface area is 261 Å². The smallest absolute Gasteiger partial charge is 0.404 e. The van der Waals surface area contributed by atoms with Crippen molar-refractivity contribution in [2.45, 2.75) is 63.3 Å². The highest BCUT2D eigenvalue weighted by atomic mass is 35.5. The third-order valence-electron chi connectivity index (χ3n) is 7.68. The second kappa shape index (κ2) is 16.5. The largest absolute Gasteiger partial charge is 0.465 e. The second-order valence-electron chi connectivity index (χ2n) is 10.5. The summed E-state index contributed by atoms with van der Waals surface area (Å²) in [5.74, 6) is -0.539. The minimum atomic E-state index is -0.995. The molecule has 9 nitrogen and oxygen atoms in total. The van der Waals surface area contributed by atoms with Crippen molar-refractivity contribution in [2.75, 3.05) is 13.6 Å². The molecular formula is C31H38ClFN4O5S. The van der Waals surface area contributed by atoms with Gasteiger partial charge in [0.25, 0.3) is 0 Å². The lowest BCUT2D eigenvalue weighted by Crippen LogP contribution is -2.48. The van der Waals surface area contributed by atoms with E-state index >= 15 is 0 Å². The molecular weight excluding hydrogens is 595 g/mol. The predicted molar refractivity (Wildman–Crippen MR) is 165 cm³/mol. The molecule has 12 heteroatoms. The van der Waals surface area contributed by atoms with Crippen molar-refractivity contribution in [2.24, 2.45) is 11.7 Å². The van der Waals surface area contributed by atoms with E-state index in [-0.39, 0.29) is 42.2 Å². The number of amides is 2. The molecule has 2 fully saturated rings. The van der Waals surface area contributed by atoms with Gasteiger partial charge in [0.05, 0.1) is 24.8 Å². The van der Waals surface area contributed by atoms with Crippen LogP contribution in [0.5, 0.6) is 0 Å². The van der Waals surface area contributed by atoms with E-state index in [0.29, 0.717) is 35.8 Å². The average Bonchev–Trinajstić information content (AvgIpc) is 3.68. The van der Waals surface area contributed by atoms with Crippen LogP contribution >= 0.6 is 23.7 Å². The Kier molecular flexibility index (Phi) is 13.1. The van der Waals surface area contributed by atoms with Crippen LogP contribution in [0.1, 0.15) is 71.2 Å². The number of hydrogen-bond acceptors (Lipinski definition) is 7. The zero-order valence-electron chi connectivity index (χ0n) is 24.0. The number of halogens is 2. The highest BCUT2D eigenvalue weighted by Crippen LogP contribution is 2.37. The Morgan fingerprint density at radius 3 is 2.40 bits per heavy atom. The first-order valence-corrected chi connectivity index (χ1v) is 15.0. The molecule has 0 radical (unpaired) electrons. The van der Waals surface area contributed by atoms with Crippen LogP contribution in [0.4, 0.5) is 9.18 Å². The number of benzene rings is 2. The first-order chi connectivity index (χ1) is 20.3. The van der Waals surface area contributed by atoms with Gasteiger partial charge in [-0.05, 0) is 48.6 Å². The van der Waals surface area contributed by atoms with Crippen molar-refractivity contribution in [1.29, 1.82) is 0 Å². The van der Waals surface area contributed by atoms with E-state index in [9.17, 15) is 18.8 Å². The lowest BCUT2D eigenvalue weighted by atomic mass is 9.83. The topological polar surface area (TPSA) is 135 Å². The van der Waals surface area contributed by atoms with Gasteiger partial charge in [-0.25, -0.2) is 14.2 Å². The molecule has 4 N–H and O–H groups in total. The summed E-state index contributed by atoms with van der Waals surface area (Å²) >= 11 is 1.36. The van der Waals surface area contributed by atoms with E-state index in [4.69, 9.17) is 15.6 Å². The number of rotatable bonds is 8. The number of aromatic nitrogens is 1. The van der Waals surface area contributed by atoms with Crippen LogP contribution in [0, 0.1) is 11.7 Å². The molecule has 2 aromatic carbocycles. The van der Waals surface area contributed by atoms with Gasteiger partial charge < -0.3 is 25.8 Å². The Morgan fingerprint density at radius 1 is 1.12 bits per heavy atom. The van der Waals surface area contributed by atoms with Crippen LogP contribution in [-0.4, -0.2) is 58.5 Å². The molecule has 5 rings (SSSR count). The van der Waals surface area contributed by atoms with Crippen LogP contribution in [-0.2, 0) is 16.1 Å². The summed E-state index contributed by atoms with van der Waals surface area (Å²) in [6.45, 7) is 0.901. The zero-order valence-corrected chi connectivity index (χ0v) is 25.6. The van der Waals surface area contributed by atoms with Gasteiger partial charge in [0.1, 0.15) is 16.5 Å². The lowest BCUT2D eigenvalue weighted by molar-refractivity contribution is -0.135. The predicted octanol–water partition coefficient (Wildman–Crippen LogP) is 5.59. The van der Waals surface area contributed by atoms with Crippen molar-refractivity contribution in [1.82, 2.24) is 15.2 Å². The van der Waals surface area contributed by atoms with E-state index in [2.05, 4.69) is 4.98 Å². The molecule has 1 aliphatic carbocycles. The van der Waals surface area contributed by atoms with E-state index in [1.165, 1.54) is 49.1 Å². The van der Waals surface area contributed by atoms with Gasteiger partial charge >= 0.3 is 6.09 Å². The molecule has 3 atom stereocenters. The van der Waals surface area contributed by atoms with Crippen molar-refractivity contribution < 1.29 is 28.6 Å². The summed E-state index contributed by atoms with van der Waals surface area (Å²) in [5.41, 5.74) is 8.28. The first-order valence-electron chi connectivity index (χ1n) is 14.1. The van der Waals surface area contributed by atoms with E-state index in [1.807, 2.05) is 40.5 Å². The number of likely N-dealkylation sites (tertiary alicyclic amines) is 1. The average molecular weight is 633 g/mol. The minimum Gasteiger partial charge on any atom is -0.465 e. The fourth-order valence-electron chi connectivity index (χ4n) is 5.36. The number of thiazole rings is 1. The van der Waals surface area contributed by atoms with Gasteiger partial charge in [0, 0.05) is 31.0 Å². The normalized spacial score (nSPS) is 19.0. The number of nitrogens with two attached hydrogens (primary N) is 1. The number of nitrogens with zero attached hydrogens (tertiary/aromatic N) is 2. The molecule has 3 aromatic rings. The molecule has 0 bridgehead atoms. The summed E-state index contributed by atoms with van der Waals surface area (Å²) in [6.07, 6.45) is 4.81. The monoisotopic (exact) mass is 632 g/mol. The SMILES string of the molecule is CNC(=O)O.Cl.N[C@H](C(=O)N1C[C@H](OCc2ccccc2)C[C@H]1c1nc(C(=O)c2ccc(F)cc2)cs1)C1CCCCC1. The first kappa shape index (κ1) is 34.1. The Bertz CT molecular complexity index is 1340. The van der Waals surface area contributed by atoms with E-state index in [0.717, 1.165) is 31.2 Å². The molecule has 2 aliphatic rings. The lowest BCUT2D eigenvalue weighted by Gasteiger charge is -2.32. The fraction of sp³-hybridized carbons (Fsp3) is 0.419. The van der Waals surface area contributed by atoms with Gasteiger partial charge in [-0.3, -0.25) is 9.59 Å². The van der Waals surface area contributed by atoms with Gasteiger partial charge in [0.2, 0.25) is 11.7 Å². The quantitative estimate of drug-likeness (QED) is 0.276. The number of carbonyl (C=O) groups excluding carboxylic acids is 2. The van der Waals surface area contributed by atoms with Gasteiger partial charge in [-0.2, -0.15) is 0 Å². The number of hydrogen-bond donors (Lipinski definition) is 3. The second-order valence-corrected chi connectivity index (χ2v) is 11.4. The summed E-state index contributed by atoms with van der Waals surface area (Å²) in [4.78, 5) is 42.3. The van der Waals surface area contributed by atoms with Crippen molar-refractivity contribution in [3.05, 3.63) is 87.6 Å². The zero-order chi connectivity index (χ0) is 30.1. The maximum Gasteiger partial charge on any atom is 0.404 e. The summed E-state index contributed by atoms with van der Waals surface area (Å²) < 4.78 is 19.5. The summed E-state index contributed by atoms with van der Waals surface area (Å²) in [5, 5.41) is 12.0. The Morgan fingerprint density at radius 2 is 1.77 bits per heavy atom. The van der Waals surface area contributed by atoms with Crippen molar-refractivity contribution in [3.8, 4) is 0 Å². The van der Waals surface area contributed by atoms with Crippen LogP contribution in [0.25, 0.3) is 0 Å². The van der Waals surface area contributed by atoms with Crippen molar-refractivity contribution in [3.63, 3.8) is 0 Å². The standard InChI is InChI=1S/C29H32FN3O3S.C2H5NO2.ClH/c30-22-13-11-21(12-14-22)27(34)24-18-37-28(32-24)25-15-23(36-17-19-7-3-1-4-8-19)16-33(25)29(35)26(31)20-9-5-2-6-10-20;1-3-2(4)5;/h1,3-4,7-8,11-14,18,20,23,25-26H,2,5-6,9-10,15-17,31H2;3H,1H3,(H,4,5);1H/t23-,25+,26+;;/m1../s1. The third kappa shape index (κ3) is 9.30. The van der Waals surface area contributed by atoms with Crippen LogP contribution in [0.3, 0.4) is 0 Å². The molecule has 1 aliphatic heterocycles. The summed E-state index contributed by atoms with van der Waals surface area (Å²) in [6, 6.07) is 14.5. The molecule has 1 aromatic heterocycles. The van der Waals surface area contributed by atoms with Crippen molar-refractivity contribution >= 4 is 41.5 Å². The third-order valence-corrected chi connectivity index (χ3v) is 8.62. The molecule has 2 heterocycles. The number of ketones is 1. The van der Waals surface area contributed by atoms with Gasteiger partial charge in [0.15, 0.2) is 0 Å².